The molecule has 18 heavy (non-hydrogen) atoms. The molecule has 0 bridgehead atoms. The van der Waals surface area contributed by atoms with Crippen LogP contribution in [0.3, 0.4) is 0 Å². The Labute approximate surface area is 113 Å². The maximum Gasteiger partial charge on any atom is 0.252 e. The second-order valence-electron chi connectivity index (χ2n) is 4.83. The Kier molecular flexibility index (Phi) is 4.66. The highest BCUT2D eigenvalue weighted by Crippen LogP contribution is 2.26. The van der Waals surface area contributed by atoms with Crippen molar-refractivity contribution in [2.75, 3.05) is 13.1 Å². The van der Waals surface area contributed by atoms with Crippen molar-refractivity contribution in [2.24, 2.45) is 0 Å². The molecule has 1 aromatic carbocycles. The SMILES string of the molecule is CC(C)Sc1ccccc1C(=O)NC1CCNC1. The summed E-state index contributed by atoms with van der Waals surface area (Å²) in [5, 5.41) is 6.83. The van der Waals surface area contributed by atoms with Crippen LogP contribution in [0.15, 0.2) is 29.2 Å². The summed E-state index contributed by atoms with van der Waals surface area (Å²) in [6.07, 6.45) is 1.02. The molecule has 1 aliphatic heterocycles. The first-order valence-electron chi connectivity index (χ1n) is 6.44. The fourth-order valence-corrected chi connectivity index (χ4v) is 3.00. The molecule has 1 atom stereocenters. The number of benzene rings is 1. The van der Waals surface area contributed by atoms with E-state index >= 15 is 0 Å². The lowest BCUT2D eigenvalue weighted by molar-refractivity contribution is 0.0937. The van der Waals surface area contributed by atoms with E-state index in [4.69, 9.17) is 0 Å². The van der Waals surface area contributed by atoms with Gasteiger partial charge in [0.1, 0.15) is 0 Å². The normalized spacial score (nSPS) is 19.2. The van der Waals surface area contributed by atoms with Crippen LogP contribution in [0.2, 0.25) is 0 Å². The highest BCUT2D eigenvalue weighted by Gasteiger charge is 2.19. The smallest absolute Gasteiger partial charge is 0.252 e. The molecular formula is C14H20N2OS. The summed E-state index contributed by atoms with van der Waals surface area (Å²) in [4.78, 5) is 13.3. The van der Waals surface area contributed by atoms with Crippen molar-refractivity contribution >= 4 is 17.7 Å². The number of hydrogen-bond acceptors (Lipinski definition) is 3. The molecule has 2 rings (SSSR count). The molecule has 1 unspecified atom stereocenters. The molecule has 0 spiro atoms. The van der Waals surface area contributed by atoms with Crippen LogP contribution in [0, 0.1) is 0 Å². The Morgan fingerprint density at radius 3 is 2.89 bits per heavy atom. The molecule has 1 aromatic rings. The molecule has 1 heterocycles. The van der Waals surface area contributed by atoms with Crippen LogP contribution in [0.5, 0.6) is 0 Å². The van der Waals surface area contributed by atoms with Gasteiger partial charge in [0, 0.05) is 22.7 Å². The lowest BCUT2D eigenvalue weighted by atomic mass is 10.2. The fraction of sp³-hybridized carbons (Fsp3) is 0.500. The molecule has 2 N–H and O–H groups in total. The first-order chi connectivity index (χ1) is 8.66. The van der Waals surface area contributed by atoms with Crippen molar-refractivity contribution in [1.29, 1.82) is 0 Å². The van der Waals surface area contributed by atoms with Crippen LogP contribution < -0.4 is 10.6 Å². The molecule has 0 aliphatic carbocycles. The summed E-state index contributed by atoms with van der Waals surface area (Å²) in [5.74, 6) is 0.0486. The minimum atomic E-state index is 0.0486. The van der Waals surface area contributed by atoms with Crippen LogP contribution >= 0.6 is 11.8 Å². The molecule has 1 saturated heterocycles. The van der Waals surface area contributed by atoms with E-state index in [-0.39, 0.29) is 11.9 Å². The van der Waals surface area contributed by atoms with Crippen molar-refractivity contribution < 1.29 is 4.79 Å². The van der Waals surface area contributed by atoms with E-state index in [9.17, 15) is 4.79 Å². The number of thioether (sulfide) groups is 1. The van der Waals surface area contributed by atoms with Gasteiger partial charge in [-0.2, -0.15) is 0 Å². The zero-order valence-electron chi connectivity index (χ0n) is 10.9. The van der Waals surface area contributed by atoms with Gasteiger partial charge < -0.3 is 10.6 Å². The van der Waals surface area contributed by atoms with Crippen molar-refractivity contribution in [1.82, 2.24) is 10.6 Å². The number of carbonyl (C=O) groups is 1. The monoisotopic (exact) mass is 264 g/mol. The van der Waals surface area contributed by atoms with E-state index in [0.29, 0.717) is 5.25 Å². The van der Waals surface area contributed by atoms with Gasteiger partial charge in [-0.15, -0.1) is 11.8 Å². The zero-order valence-corrected chi connectivity index (χ0v) is 11.7. The van der Waals surface area contributed by atoms with Crippen LogP contribution in [-0.2, 0) is 0 Å². The van der Waals surface area contributed by atoms with E-state index < -0.39 is 0 Å². The average molecular weight is 264 g/mol. The number of hydrogen-bond donors (Lipinski definition) is 2. The summed E-state index contributed by atoms with van der Waals surface area (Å²) >= 11 is 1.73. The molecule has 1 amide bonds. The van der Waals surface area contributed by atoms with Gasteiger partial charge in [0.2, 0.25) is 0 Å². The van der Waals surface area contributed by atoms with Crippen LogP contribution in [0.1, 0.15) is 30.6 Å². The minimum Gasteiger partial charge on any atom is -0.348 e. The highest BCUT2D eigenvalue weighted by atomic mass is 32.2. The van der Waals surface area contributed by atoms with Gasteiger partial charge in [-0.1, -0.05) is 26.0 Å². The number of nitrogens with one attached hydrogen (secondary N) is 2. The maximum atomic E-state index is 12.3. The topological polar surface area (TPSA) is 41.1 Å². The molecule has 3 nitrogen and oxygen atoms in total. The van der Waals surface area contributed by atoms with E-state index in [1.165, 1.54) is 0 Å². The third-order valence-electron chi connectivity index (χ3n) is 2.89. The van der Waals surface area contributed by atoms with Gasteiger partial charge in [0.15, 0.2) is 0 Å². The summed E-state index contributed by atoms with van der Waals surface area (Å²) in [5.41, 5.74) is 0.795. The van der Waals surface area contributed by atoms with Gasteiger partial charge in [0.05, 0.1) is 5.56 Å². The first-order valence-corrected chi connectivity index (χ1v) is 7.32. The third kappa shape index (κ3) is 3.50. The van der Waals surface area contributed by atoms with Crippen LogP contribution in [0.25, 0.3) is 0 Å². The Bertz CT molecular complexity index is 414. The lowest BCUT2D eigenvalue weighted by Crippen LogP contribution is -2.36. The van der Waals surface area contributed by atoms with Gasteiger partial charge in [-0.05, 0) is 25.1 Å². The van der Waals surface area contributed by atoms with E-state index in [2.05, 4.69) is 24.5 Å². The summed E-state index contributed by atoms with van der Waals surface area (Å²) < 4.78 is 0. The molecular weight excluding hydrogens is 244 g/mol. The first kappa shape index (κ1) is 13.4. The Balaban J connectivity index is 2.08. The summed E-state index contributed by atoms with van der Waals surface area (Å²) in [6.45, 7) is 6.15. The molecule has 1 fully saturated rings. The second-order valence-corrected chi connectivity index (χ2v) is 6.44. The molecule has 98 valence electrons. The maximum absolute atomic E-state index is 12.3. The zero-order chi connectivity index (χ0) is 13.0. The Morgan fingerprint density at radius 1 is 1.44 bits per heavy atom. The molecule has 0 saturated carbocycles. The van der Waals surface area contributed by atoms with Crippen LogP contribution in [0.4, 0.5) is 0 Å². The van der Waals surface area contributed by atoms with E-state index in [1.54, 1.807) is 11.8 Å². The highest BCUT2D eigenvalue weighted by molar-refractivity contribution is 8.00. The van der Waals surface area contributed by atoms with Crippen LogP contribution in [-0.4, -0.2) is 30.3 Å². The van der Waals surface area contributed by atoms with E-state index in [0.717, 1.165) is 30.0 Å². The van der Waals surface area contributed by atoms with Gasteiger partial charge in [0.25, 0.3) is 5.91 Å². The van der Waals surface area contributed by atoms with Crippen molar-refractivity contribution in [3.05, 3.63) is 29.8 Å². The minimum absolute atomic E-state index is 0.0486. The largest absolute Gasteiger partial charge is 0.348 e. The predicted octanol–water partition coefficient (Wildman–Crippen LogP) is 2.28. The van der Waals surface area contributed by atoms with Gasteiger partial charge in [-0.25, -0.2) is 0 Å². The van der Waals surface area contributed by atoms with Gasteiger partial charge in [-0.3, -0.25) is 4.79 Å². The second kappa shape index (κ2) is 6.25. The third-order valence-corrected chi connectivity index (χ3v) is 3.97. The van der Waals surface area contributed by atoms with Crippen molar-refractivity contribution in [2.45, 2.75) is 36.5 Å². The number of rotatable bonds is 4. The predicted molar refractivity (Wildman–Crippen MR) is 76.2 cm³/mol. The molecule has 0 aromatic heterocycles. The lowest BCUT2D eigenvalue weighted by Gasteiger charge is -2.14. The van der Waals surface area contributed by atoms with Crippen molar-refractivity contribution in [3.63, 3.8) is 0 Å². The van der Waals surface area contributed by atoms with Gasteiger partial charge >= 0.3 is 0 Å². The average Bonchev–Trinajstić information content (AvgIpc) is 2.81. The van der Waals surface area contributed by atoms with Crippen molar-refractivity contribution in [3.8, 4) is 0 Å². The number of amides is 1. The quantitative estimate of drug-likeness (QED) is 0.820. The molecule has 1 aliphatic rings. The number of carbonyl (C=O) groups excluding carboxylic acids is 1. The molecule has 0 radical (unpaired) electrons. The Morgan fingerprint density at radius 2 is 2.22 bits per heavy atom. The Hall–Kier alpha value is -1.00. The standard InChI is InChI=1S/C14H20N2OS/c1-10(2)18-13-6-4-3-5-12(13)14(17)16-11-7-8-15-9-11/h3-6,10-11,15H,7-9H2,1-2H3,(H,16,17). The summed E-state index contributed by atoms with van der Waals surface area (Å²) in [7, 11) is 0. The van der Waals surface area contributed by atoms with E-state index in [1.807, 2.05) is 24.3 Å². The summed E-state index contributed by atoms with van der Waals surface area (Å²) in [6, 6.07) is 8.11. The fourth-order valence-electron chi connectivity index (χ4n) is 2.05. The molecule has 4 heteroatoms.